The van der Waals surface area contributed by atoms with Gasteiger partial charge in [0.25, 0.3) is 0 Å². The van der Waals surface area contributed by atoms with E-state index in [1.165, 1.54) is 6.92 Å². The molecule has 5 heteroatoms. The predicted molar refractivity (Wildman–Crippen MR) is 39.0 cm³/mol. The molecule has 0 aromatic heterocycles. The monoisotopic (exact) mass is 155 g/mol. The van der Waals surface area contributed by atoms with Crippen molar-refractivity contribution in [2.45, 2.75) is 13.3 Å². The van der Waals surface area contributed by atoms with Crippen molar-refractivity contribution in [3.05, 3.63) is 0 Å². The SMILES string of the molecule is CC(=O)C1=NN(C(N)=O)CC1. The number of rotatable bonds is 1. The zero-order valence-electron chi connectivity index (χ0n) is 6.20. The molecular formula is C6H9N3O2. The van der Waals surface area contributed by atoms with Gasteiger partial charge in [0, 0.05) is 13.3 Å². The number of hydrazone groups is 1. The number of amides is 2. The molecule has 0 saturated heterocycles. The molecule has 0 fully saturated rings. The van der Waals surface area contributed by atoms with Crippen LogP contribution in [0.3, 0.4) is 0 Å². The summed E-state index contributed by atoms with van der Waals surface area (Å²) < 4.78 is 0. The van der Waals surface area contributed by atoms with Gasteiger partial charge in [-0.05, 0) is 0 Å². The molecule has 0 aromatic carbocycles. The standard InChI is InChI=1S/C6H9N3O2/c1-4(10)5-2-3-9(8-5)6(7)11/h2-3H2,1H3,(H2,7,11). The molecule has 5 nitrogen and oxygen atoms in total. The second-order valence-corrected chi connectivity index (χ2v) is 2.31. The third-order valence-electron chi connectivity index (χ3n) is 1.46. The fraction of sp³-hybridized carbons (Fsp3) is 0.500. The first-order chi connectivity index (χ1) is 5.11. The summed E-state index contributed by atoms with van der Waals surface area (Å²) in [5.41, 5.74) is 5.35. The van der Waals surface area contributed by atoms with Gasteiger partial charge in [-0.25, -0.2) is 9.80 Å². The Hall–Kier alpha value is -1.39. The molecule has 0 aromatic rings. The first-order valence-electron chi connectivity index (χ1n) is 3.26. The van der Waals surface area contributed by atoms with Gasteiger partial charge in [0.15, 0.2) is 5.78 Å². The Morgan fingerprint density at radius 3 is 2.55 bits per heavy atom. The summed E-state index contributed by atoms with van der Waals surface area (Å²) in [4.78, 5) is 21.2. The van der Waals surface area contributed by atoms with Crippen molar-refractivity contribution in [1.82, 2.24) is 5.01 Å². The largest absolute Gasteiger partial charge is 0.350 e. The van der Waals surface area contributed by atoms with Crippen molar-refractivity contribution in [1.29, 1.82) is 0 Å². The summed E-state index contributed by atoms with van der Waals surface area (Å²) in [7, 11) is 0. The lowest BCUT2D eigenvalue weighted by Gasteiger charge is -2.04. The number of ketones is 1. The van der Waals surface area contributed by atoms with E-state index in [1.807, 2.05) is 0 Å². The normalized spacial score (nSPS) is 16.5. The minimum atomic E-state index is -0.610. The average Bonchev–Trinajstić information content (AvgIpc) is 2.33. The Bertz CT molecular complexity index is 234. The molecule has 0 aliphatic carbocycles. The molecule has 1 aliphatic heterocycles. The lowest BCUT2D eigenvalue weighted by molar-refractivity contribution is -0.111. The van der Waals surface area contributed by atoms with E-state index in [1.54, 1.807) is 0 Å². The van der Waals surface area contributed by atoms with Crippen LogP contribution in [0.25, 0.3) is 0 Å². The lowest BCUT2D eigenvalue weighted by Crippen LogP contribution is -2.29. The van der Waals surface area contributed by atoms with Crippen LogP contribution in [0, 0.1) is 0 Å². The van der Waals surface area contributed by atoms with Gasteiger partial charge in [-0.15, -0.1) is 0 Å². The maximum atomic E-state index is 10.7. The number of Topliss-reactive ketones (excluding diaryl/α,β-unsaturated/α-hetero) is 1. The highest BCUT2D eigenvalue weighted by atomic mass is 16.2. The zero-order chi connectivity index (χ0) is 8.43. The third kappa shape index (κ3) is 1.54. The molecule has 2 N–H and O–H groups in total. The summed E-state index contributed by atoms with van der Waals surface area (Å²) in [6.07, 6.45) is 0.512. The molecule has 1 heterocycles. The first-order valence-corrected chi connectivity index (χ1v) is 3.26. The van der Waals surface area contributed by atoms with Crippen molar-refractivity contribution >= 4 is 17.5 Å². The van der Waals surface area contributed by atoms with Gasteiger partial charge < -0.3 is 5.73 Å². The van der Waals surface area contributed by atoms with E-state index in [-0.39, 0.29) is 5.78 Å². The summed E-state index contributed by atoms with van der Waals surface area (Å²) in [5.74, 6) is -0.103. The van der Waals surface area contributed by atoms with E-state index in [4.69, 9.17) is 5.73 Å². The highest BCUT2D eigenvalue weighted by Gasteiger charge is 2.20. The van der Waals surface area contributed by atoms with Crippen LogP contribution in [0.1, 0.15) is 13.3 Å². The second-order valence-electron chi connectivity index (χ2n) is 2.31. The predicted octanol–water partition coefficient (Wildman–Crippen LogP) is -0.284. The number of primary amides is 1. The number of carbonyl (C=O) groups is 2. The summed E-state index contributed by atoms with van der Waals surface area (Å²) in [5, 5.41) is 4.81. The number of hydrogen-bond donors (Lipinski definition) is 1. The Labute approximate surface area is 63.8 Å². The fourth-order valence-corrected chi connectivity index (χ4v) is 0.863. The number of carbonyl (C=O) groups excluding carboxylic acids is 2. The van der Waals surface area contributed by atoms with Gasteiger partial charge in [-0.2, -0.15) is 5.10 Å². The maximum Gasteiger partial charge on any atom is 0.335 e. The molecule has 0 spiro atoms. The van der Waals surface area contributed by atoms with Crippen molar-refractivity contribution in [3.8, 4) is 0 Å². The van der Waals surface area contributed by atoms with Gasteiger partial charge in [0.2, 0.25) is 0 Å². The van der Waals surface area contributed by atoms with E-state index in [0.717, 1.165) is 5.01 Å². The van der Waals surface area contributed by atoms with E-state index >= 15 is 0 Å². The topological polar surface area (TPSA) is 75.8 Å². The van der Waals surface area contributed by atoms with Crippen LogP contribution in [0.4, 0.5) is 4.79 Å². The first kappa shape index (κ1) is 7.71. The maximum absolute atomic E-state index is 10.7. The van der Waals surface area contributed by atoms with Crippen LogP contribution < -0.4 is 5.73 Å². The third-order valence-corrected chi connectivity index (χ3v) is 1.46. The Morgan fingerprint density at radius 2 is 2.27 bits per heavy atom. The van der Waals surface area contributed by atoms with E-state index in [2.05, 4.69) is 5.10 Å². The van der Waals surface area contributed by atoms with Crippen LogP contribution in [-0.2, 0) is 4.79 Å². The number of hydrogen-bond acceptors (Lipinski definition) is 3. The molecule has 1 rings (SSSR count). The molecule has 11 heavy (non-hydrogen) atoms. The summed E-state index contributed by atoms with van der Waals surface area (Å²) in [6, 6.07) is -0.610. The molecule has 0 unspecified atom stereocenters. The van der Waals surface area contributed by atoms with Gasteiger partial charge in [0.05, 0.1) is 6.54 Å². The Balaban J connectivity index is 2.68. The van der Waals surface area contributed by atoms with Crippen LogP contribution in [0.2, 0.25) is 0 Å². The molecule has 0 radical (unpaired) electrons. The Kier molecular flexibility index (Phi) is 1.89. The Morgan fingerprint density at radius 1 is 1.64 bits per heavy atom. The quantitative estimate of drug-likeness (QED) is 0.565. The van der Waals surface area contributed by atoms with Crippen molar-refractivity contribution < 1.29 is 9.59 Å². The number of nitrogens with zero attached hydrogens (tertiary/aromatic N) is 2. The highest BCUT2D eigenvalue weighted by molar-refractivity contribution is 6.39. The minimum Gasteiger partial charge on any atom is -0.350 e. The number of nitrogens with two attached hydrogens (primary N) is 1. The van der Waals surface area contributed by atoms with E-state index < -0.39 is 6.03 Å². The molecular weight excluding hydrogens is 146 g/mol. The lowest BCUT2D eigenvalue weighted by atomic mass is 10.2. The average molecular weight is 155 g/mol. The van der Waals surface area contributed by atoms with Gasteiger partial charge >= 0.3 is 6.03 Å². The van der Waals surface area contributed by atoms with Gasteiger partial charge in [-0.3, -0.25) is 4.79 Å². The van der Waals surface area contributed by atoms with Crippen LogP contribution in [0.15, 0.2) is 5.10 Å². The molecule has 0 atom stereocenters. The molecule has 0 bridgehead atoms. The zero-order valence-corrected chi connectivity index (χ0v) is 6.20. The van der Waals surface area contributed by atoms with Crippen molar-refractivity contribution in [2.24, 2.45) is 10.8 Å². The van der Waals surface area contributed by atoms with Crippen LogP contribution in [0.5, 0.6) is 0 Å². The van der Waals surface area contributed by atoms with E-state index in [0.29, 0.717) is 18.7 Å². The van der Waals surface area contributed by atoms with E-state index in [9.17, 15) is 9.59 Å². The molecule has 0 saturated carbocycles. The fourth-order valence-electron chi connectivity index (χ4n) is 0.863. The minimum absolute atomic E-state index is 0.103. The number of urea groups is 1. The molecule has 1 aliphatic rings. The van der Waals surface area contributed by atoms with Gasteiger partial charge in [0.1, 0.15) is 5.71 Å². The smallest absolute Gasteiger partial charge is 0.335 e. The van der Waals surface area contributed by atoms with Crippen molar-refractivity contribution in [3.63, 3.8) is 0 Å². The summed E-state index contributed by atoms with van der Waals surface area (Å²) >= 11 is 0. The second kappa shape index (κ2) is 2.69. The summed E-state index contributed by atoms with van der Waals surface area (Å²) in [6.45, 7) is 1.84. The van der Waals surface area contributed by atoms with Crippen LogP contribution in [-0.4, -0.2) is 29.1 Å². The molecule has 2 amide bonds. The highest BCUT2D eigenvalue weighted by Crippen LogP contribution is 2.05. The van der Waals surface area contributed by atoms with Gasteiger partial charge in [-0.1, -0.05) is 0 Å². The van der Waals surface area contributed by atoms with Crippen molar-refractivity contribution in [2.75, 3.05) is 6.54 Å². The van der Waals surface area contributed by atoms with Crippen LogP contribution >= 0.6 is 0 Å². The molecule has 60 valence electrons.